The predicted octanol–water partition coefficient (Wildman–Crippen LogP) is 1.82. The Kier molecular flexibility index (Phi) is 6.49. The minimum atomic E-state index is -0.176. The van der Waals surface area contributed by atoms with Crippen molar-refractivity contribution in [2.24, 2.45) is 0 Å². The normalized spacial score (nSPS) is 14.4. The number of carbonyl (C=O) groups excluding carboxylic acids is 2. The third kappa shape index (κ3) is 5.01. The Hall–Kier alpha value is -3.06. The minimum absolute atomic E-state index is 0.0797. The van der Waals surface area contributed by atoms with Crippen LogP contribution in [0.25, 0.3) is 0 Å². The number of piperazine rings is 1. The van der Waals surface area contributed by atoms with Gasteiger partial charge in [-0.05, 0) is 30.3 Å². The third-order valence-corrected chi connectivity index (χ3v) is 4.79. The lowest BCUT2D eigenvalue weighted by Gasteiger charge is -2.35. The SMILES string of the molecule is CNC(=O)c1cccc(NC(=O)CN2CCN(c3cccc(OC)c3)CC2)c1. The highest BCUT2D eigenvalue weighted by atomic mass is 16.5. The number of rotatable bonds is 6. The van der Waals surface area contributed by atoms with Gasteiger partial charge in [-0.25, -0.2) is 0 Å². The van der Waals surface area contributed by atoms with E-state index in [0.717, 1.165) is 37.6 Å². The van der Waals surface area contributed by atoms with Crippen molar-refractivity contribution >= 4 is 23.2 Å². The van der Waals surface area contributed by atoms with Gasteiger partial charge < -0.3 is 20.3 Å². The Labute approximate surface area is 165 Å². The monoisotopic (exact) mass is 382 g/mol. The van der Waals surface area contributed by atoms with Gasteiger partial charge in [0.25, 0.3) is 5.91 Å². The van der Waals surface area contributed by atoms with Crippen LogP contribution in [0.1, 0.15) is 10.4 Å². The summed E-state index contributed by atoms with van der Waals surface area (Å²) < 4.78 is 5.29. The molecule has 0 aliphatic carbocycles. The Morgan fingerprint density at radius 3 is 2.50 bits per heavy atom. The van der Waals surface area contributed by atoms with E-state index in [9.17, 15) is 9.59 Å². The van der Waals surface area contributed by atoms with E-state index in [1.165, 1.54) is 0 Å². The molecular formula is C21H26N4O3. The molecule has 0 spiro atoms. The van der Waals surface area contributed by atoms with E-state index < -0.39 is 0 Å². The second-order valence-corrected chi connectivity index (χ2v) is 6.67. The first-order valence-corrected chi connectivity index (χ1v) is 9.32. The molecule has 0 unspecified atom stereocenters. The molecule has 1 fully saturated rings. The molecule has 1 aliphatic rings. The van der Waals surface area contributed by atoms with Gasteiger partial charge in [0.1, 0.15) is 5.75 Å². The number of methoxy groups -OCH3 is 1. The van der Waals surface area contributed by atoms with Crippen LogP contribution in [0.5, 0.6) is 5.75 Å². The van der Waals surface area contributed by atoms with Gasteiger partial charge in [-0.1, -0.05) is 12.1 Å². The molecule has 1 saturated heterocycles. The van der Waals surface area contributed by atoms with Crippen LogP contribution in [0.3, 0.4) is 0 Å². The van der Waals surface area contributed by atoms with Crippen LogP contribution in [0.2, 0.25) is 0 Å². The molecule has 0 bridgehead atoms. The first-order valence-electron chi connectivity index (χ1n) is 9.32. The maximum Gasteiger partial charge on any atom is 0.251 e. The fraction of sp³-hybridized carbons (Fsp3) is 0.333. The highest BCUT2D eigenvalue weighted by molar-refractivity contribution is 5.97. The van der Waals surface area contributed by atoms with Crippen LogP contribution in [0.4, 0.5) is 11.4 Å². The molecule has 1 aliphatic heterocycles. The average Bonchev–Trinajstić information content (AvgIpc) is 2.73. The second-order valence-electron chi connectivity index (χ2n) is 6.67. The molecule has 7 nitrogen and oxygen atoms in total. The van der Waals surface area contributed by atoms with Crippen LogP contribution in [-0.2, 0) is 4.79 Å². The van der Waals surface area contributed by atoms with Gasteiger partial charge in [0.2, 0.25) is 5.91 Å². The van der Waals surface area contributed by atoms with E-state index in [1.54, 1.807) is 38.4 Å². The van der Waals surface area contributed by atoms with Gasteiger partial charge in [-0.3, -0.25) is 14.5 Å². The van der Waals surface area contributed by atoms with Gasteiger partial charge in [-0.2, -0.15) is 0 Å². The molecule has 0 aromatic heterocycles. The number of carbonyl (C=O) groups is 2. The molecule has 2 aromatic carbocycles. The summed E-state index contributed by atoms with van der Waals surface area (Å²) in [5.41, 5.74) is 2.28. The first-order chi connectivity index (χ1) is 13.6. The first kappa shape index (κ1) is 19.7. The van der Waals surface area contributed by atoms with Crippen molar-refractivity contribution < 1.29 is 14.3 Å². The van der Waals surface area contributed by atoms with Gasteiger partial charge in [0.15, 0.2) is 0 Å². The number of hydrogen-bond donors (Lipinski definition) is 2. The summed E-state index contributed by atoms with van der Waals surface area (Å²) in [6.07, 6.45) is 0. The van der Waals surface area contributed by atoms with Crippen molar-refractivity contribution in [1.82, 2.24) is 10.2 Å². The zero-order chi connectivity index (χ0) is 19.9. The maximum absolute atomic E-state index is 12.4. The van der Waals surface area contributed by atoms with Crippen LogP contribution in [0, 0.1) is 0 Å². The highest BCUT2D eigenvalue weighted by Gasteiger charge is 2.19. The summed E-state index contributed by atoms with van der Waals surface area (Å²) in [7, 11) is 3.25. The molecule has 3 rings (SSSR count). The molecule has 2 amide bonds. The van der Waals surface area contributed by atoms with Crippen molar-refractivity contribution in [3.05, 3.63) is 54.1 Å². The van der Waals surface area contributed by atoms with E-state index >= 15 is 0 Å². The largest absolute Gasteiger partial charge is 0.497 e. The summed E-state index contributed by atoms with van der Waals surface area (Å²) in [5.74, 6) is 0.590. The van der Waals surface area contributed by atoms with Crippen molar-refractivity contribution in [3.8, 4) is 5.75 Å². The van der Waals surface area contributed by atoms with E-state index in [2.05, 4.69) is 26.5 Å². The summed E-state index contributed by atoms with van der Waals surface area (Å²) >= 11 is 0. The van der Waals surface area contributed by atoms with Crippen molar-refractivity contribution in [2.45, 2.75) is 0 Å². The van der Waals surface area contributed by atoms with Crippen LogP contribution in [0.15, 0.2) is 48.5 Å². The van der Waals surface area contributed by atoms with Crippen LogP contribution in [-0.4, -0.2) is 63.6 Å². The molecule has 2 N–H and O–H groups in total. The number of anilines is 2. The number of nitrogens with one attached hydrogen (secondary N) is 2. The Balaban J connectivity index is 1.50. The number of nitrogens with zero attached hydrogens (tertiary/aromatic N) is 2. The Morgan fingerprint density at radius 1 is 1.04 bits per heavy atom. The molecule has 7 heteroatoms. The summed E-state index contributed by atoms with van der Waals surface area (Å²) in [4.78, 5) is 28.5. The van der Waals surface area contributed by atoms with E-state index in [-0.39, 0.29) is 11.8 Å². The fourth-order valence-electron chi connectivity index (χ4n) is 3.26. The molecular weight excluding hydrogens is 356 g/mol. The molecule has 2 aromatic rings. The van der Waals surface area contributed by atoms with E-state index in [1.807, 2.05) is 18.2 Å². The standard InChI is InChI=1S/C21H26N4O3/c1-22-21(27)16-5-3-6-17(13-16)23-20(26)15-24-9-11-25(12-10-24)18-7-4-8-19(14-18)28-2/h3-8,13-14H,9-12,15H2,1-2H3,(H,22,27)(H,23,26). The maximum atomic E-state index is 12.4. The number of benzene rings is 2. The lowest BCUT2D eigenvalue weighted by atomic mass is 10.2. The van der Waals surface area contributed by atoms with Crippen molar-refractivity contribution in [3.63, 3.8) is 0 Å². The van der Waals surface area contributed by atoms with Gasteiger partial charge in [-0.15, -0.1) is 0 Å². The quantitative estimate of drug-likeness (QED) is 0.797. The molecule has 148 valence electrons. The zero-order valence-electron chi connectivity index (χ0n) is 16.3. The molecule has 1 heterocycles. The average molecular weight is 382 g/mol. The molecule has 0 saturated carbocycles. The van der Waals surface area contributed by atoms with Crippen LogP contribution >= 0.6 is 0 Å². The van der Waals surface area contributed by atoms with Gasteiger partial charge >= 0.3 is 0 Å². The summed E-state index contributed by atoms with van der Waals surface area (Å²) in [5, 5.41) is 5.46. The Bertz CT molecular complexity index is 832. The summed E-state index contributed by atoms with van der Waals surface area (Å²) in [6, 6.07) is 15.0. The Morgan fingerprint density at radius 2 is 1.79 bits per heavy atom. The zero-order valence-corrected chi connectivity index (χ0v) is 16.3. The lowest BCUT2D eigenvalue weighted by molar-refractivity contribution is -0.117. The molecule has 0 radical (unpaired) electrons. The number of ether oxygens (including phenoxy) is 1. The molecule has 28 heavy (non-hydrogen) atoms. The lowest BCUT2D eigenvalue weighted by Crippen LogP contribution is -2.48. The highest BCUT2D eigenvalue weighted by Crippen LogP contribution is 2.22. The molecule has 0 atom stereocenters. The van der Waals surface area contributed by atoms with E-state index in [0.29, 0.717) is 17.8 Å². The van der Waals surface area contributed by atoms with Crippen molar-refractivity contribution in [2.75, 3.05) is 57.1 Å². The smallest absolute Gasteiger partial charge is 0.251 e. The summed E-state index contributed by atoms with van der Waals surface area (Å²) in [6.45, 7) is 3.65. The number of amides is 2. The van der Waals surface area contributed by atoms with E-state index in [4.69, 9.17) is 4.74 Å². The predicted molar refractivity (Wildman–Crippen MR) is 110 cm³/mol. The van der Waals surface area contributed by atoms with Gasteiger partial charge in [0.05, 0.1) is 13.7 Å². The van der Waals surface area contributed by atoms with Crippen LogP contribution < -0.4 is 20.3 Å². The van der Waals surface area contributed by atoms with Gasteiger partial charge in [0, 0.05) is 56.2 Å². The minimum Gasteiger partial charge on any atom is -0.497 e. The number of hydrogen-bond acceptors (Lipinski definition) is 5. The third-order valence-electron chi connectivity index (χ3n) is 4.79. The topological polar surface area (TPSA) is 73.9 Å². The fourth-order valence-corrected chi connectivity index (χ4v) is 3.26. The van der Waals surface area contributed by atoms with Crippen molar-refractivity contribution in [1.29, 1.82) is 0 Å². The second kappa shape index (κ2) is 9.23.